The Balaban J connectivity index is 1.74. The molecule has 1 fully saturated rings. The first-order valence-corrected chi connectivity index (χ1v) is 13.4. The average Bonchev–Trinajstić information content (AvgIpc) is 3.53. The maximum atomic E-state index is 14.5. The molecule has 1 atom stereocenters. The van der Waals surface area contributed by atoms with Gasteiger partial charge in [-0.3, -0.25) is 9.67 Å². The van der Waals surface area contributed by atoms with Gasteiger partial charge in [0.25, 0.3) is 0 Å². The molecule has 39 heavy (non-hydrogen) atoms. The van der Waals surface area contributed by atoms with E-state index in [1.807, 2.05) is 44.0 Å². The molecule has 1 aliphatic rings. The zero-order valence-electron chi connectivity index (χ0n) is 23.2. The van der Waals surface area contributed by atoms with Crippen molar-refractivity contribution < 1.29 is 14.2 Å². The summed E-state index contributed by atoms with van der Waals surface area (Å²) in [6.45, 7) is 8.58. The lowest BCUT2D eigenvalue weighted by molar-refractivity contribution is 0.0547. The zero-order valence-corrected chi connectivity index (χ0v) is 23.2. The SMILES string of the molecule is Cc1cc(C(C2CCOCC2)n2c3cc(-c4c(C)nnn4C)cnc3c3c2c(C(C)(C)O)nn3C)ccc1F. The van der Waals surface area contributed by atoms with Crippen LogP contribution in [-0.4, -0.2) is 52.6 Å². The van der Waals surface area contributed by atoms with Crippen LogP contribution in [0.15, 0.2) is 30.5 Å². The van der Waals surface area contributed by atoms with Gasteiger partial charge in [0.05, 0.1) is 28.5 Å². The van der Waals surface area contributed by atoms with Crippen LogP contribution in [0.25, 0.3) is 33.3 Å². The highest BCUT2D eigenvalue weighted by Gasteiger charge is 2.35. The Morgan fingerprint density at radius 1 is 1.08 bits per heavy atom. The first-order valence-electron chi connectivity index (χ1n) is 13.4. The minimum atomic E-state index is -1.20. The summed E-state index contributed by atoms with van der Waals surface area (Å²) in [6, 6.07) is 7.35. The van der Waals surface area contributed by atoms with Crippen molar-refractivity contribution in [2.24, 2.45) is 20.0 Å². The molecule has 5 aromatic rings. The van der Waals surface area contributed by atoms with Gasteiger partial charge in [-0.05, 0) is 69.7 Å². The highest BCUT2D eigenvalue weighted by atomic mass is 19.1. The van der Waals surface area contributed by atoms with Crippen molar-refractivity contribution in [1.29, 1.82) is 0 Å². The first kappa shape index (κ1) is 25.6. The number of nitrogens with zero attached hydrogens (tertiary/aromatic N) is 7. The van der Waals surface area contributed by atoms with Crippen molar-refractivity contribution >= 4 is 22.1 Å². The van der Waals surface area contributed by atoms with Crippen molar-refractivity contribution in [3.63, 3.8) is 0 Å². The van der Waals surface area contributed by atoms with Crippen molar-refractivity contribution in [2.75, 3.05) is 13.2 Å². The molecule has 4 aromatic heterocycles. The molecule has 0 amide bonds. The van der Waals surface area contributed by atoms with Crippen molar-refractivity contribution in [3.05, 3.63) is 58.8 Å². The fraction of sp³-hybridized carbons (Fsp3) is 0.448. The number of fused-ring (bicyclic) bond motifs is 3. The first-order chi connectivity index (χ1) is 18.6. The standard InChI is InChI=1S/C29H34FN7O2/c1-16-13-19(7-8-21(16)30)25(18-9-11-39-12-10-18)37-22-14-20(24-17(2)32-34-36(24)6)15-31-23(22)26-27(37)28(29(3,4)38)33-35(26)5/h7-8,13-15,18,25,38H,9-12H2,1-6H3. The van der Waals surface area contributed by atoms with E-state index in [0.717, 1.165) is 57.4 Å². The van der Waals surface area contributed by atoms with Crippen molar-refractivity contribution in [1.82, 2.24) is 34.3 Å². The van der Waals surface area contributed by atoms with E-state index in [1.165, 1.54) is 0 Å². The summed E-state index contributed by atoms with van der Waals surface area (Å²) in [5.41, 5.74) is 6.99. The fourth-order valence-corrected chi connectivity index (χ4v) is 6.15. The third kappa shape index (κ3) is 4.13. The van der Waals surface area contributed by atoms with Gasteiger partial charge < -0.3 is 14.4 Å². The van der Waals surface area contributed by atoms with Gasteiger partial charge >= 0.3 is 0 Å². The Kier molecular flexibility index (Phi) is 6.07. The number of aryl methyl sites for hydroxylation is 4. The lowest BCUT2D eigenvalue weighted by atomic mass is 9.86. The number of aliphatic hydroxyl groups is 1. The molecule has 0 bridgehead atoms. The number of hydrogen-bond donors (Lipinski definition) is 1. The summed E-state index contributed by atoms with van der Waals surface area (Å²) in [5, 5.41) is 24.5. The zero-order chi connectivity index (χ0) is 27.6. The minimum absolute atomic E-state index is 0.152. The number of rotatable bonds is 5. The number of halogens is 1. The van der Waals surface area contributed by atoms with Crippen LogP contribution in [0.1, 0.15) is 55.2 Å². The maximum absolute atomic E-state index is 14.5. The van der Waals surface area contributed by atoms with Gasteiger partial charge in [0, 0.05) is 39.1 Å². The predicted molar refractivity (Wildman–Crippen MR) is 147 cm³/mol. The second kappa shape index (κ2) is 9.24. The number of hydrogen-bond acceptors (Lipinski definition) is 6. The second-order valence-electron chi connectivity index (χ2n) is 11.2. The Morgan fingerprint density at radius 2 is 1.82 bits per heavy atom. The van der Waals surface area contributed by atoms with E-state index >= 15 is 0 Å². The highest BCUT2D eigenvalue weighted by Crippen LogP contribution is 2.43. The van der Waals surface area contributed by atoms with Crippen LogP contribution in [0.5, 0.6) is 0 Å². The maximum Gasteiger partial charge on any atom is 0.126 e. The molecule has 1 aromatic carbocycles. The van der Waals surface area contributed by atoms with Crippen molar-refractivity contribution in [2.45, 2.75) is 52.2 Å². The van der Waals surface area contributed by atoms with E-state index in [-0.39, 0.29) is 17.8 Å². The van der Waals surface area contributed by atoms with E-state index in [4.69, 9.17) is 14.8 Å². The van der Waals surface area contributed by atoms with Crippen LogP contribution >= 0.6 is 0 Å². The molecule has 204 valence electrons. The van der Waals surface area contributed by atoms with Gasteiger partial charge in [0.15, 0.2) is 0 Å². The topological polar surface area (TPSA) is 95.8 Å². The van der Waals surface area contributed by atoms with Crippen molar-refractivity contribution in [3.8, 4) is 11.3 Å². The van der Waals surface area contributed by atoms with Crippen LogP contribution in [0.2, 0.25) is 0 Å². The molecule has 9 nitrogen and oxygen atoms in total. The van der Waals surface area contributed by atoms with Gasteiger partial charge in [-0.2, -0.15) is 5.10 Å². The molecule has 1 aliphatic heterocycles. The molecule has 1 N–H and O–H groups in total. The van der Waals surface area contributed by atoms with Gasteiger partial charge in [0.1, 0.15) is 28.1 Å². The Bertz CT molecular complexity index is 1680. The summed E-state index contributed by atoms with van der Waals surface area (Å²) >= 11 is 0. The van der Waals surface area contributed by atoms with E-state index in [0.29, 0.717) is 24.5 Å². The van der Waals surface area contributed by atoms with Gasteiger partial charge in [-0.25, -0.2) is 9.07 Å². The number of benzene rings is 1. The van der Waals surface area contributed by atoms with E-state index in [9.17, 15) is 9.50 Å². The van der Waals surface area contributed by atoms with Crippen LogP contribution in [-0.2, 0) is 24.4 Å². The molecule has 10 heteroatoms. The van der Waals surface area contributed by atoms with Crippen LogP contribution in [0.4, 0.5) is 4.39 Å². The summed E-state index contributed by atoms with van der Waals surface area (Å²) in [5.74, 6) is -0.00489. The molecule has 0 saturated carbocycles. The average molecular weight is 532 g/mol. The largest absolute Gasteiger partial charge is 0.384 e. The third-order valence-electron chi connectivity index (χ3n) is 7.98. The quantitative estimate of drug-likeness (QED) is 0.353. The van der Waals surface area contributed by atoms with Gasteiger partial charge in [-0.1, -0.05) is 17.3 Å². The van der Waals surface area contributed by atoms with E-state index in [1.54, 1.807) is 31.5 Å². The number of ether oxygens (including phenoxy) is 1. The normalized spacial score (nSPS) is 16.0. The summed E-state index contributed by atoms with van der Waals surface area (Å²) < 4.78 is 26.1. The third-order valence-corrected chi connectivity index (χ3v) is 7.98. The fourth-order valence-electron chi connectivity index (χ4n) is 6.15. The molecule has 5 heterocycles. The molecule has 1 unspecified atom stereocenters. The van der Waals surface area contributed by atoms with E-state index in [2.05, 4.69) is 20.9 Å². The minimum Gasteiger partial charge on any atom is -0.384 e. The Morgan fingerprint density at radius 3 is 2.46 bits per heavy atom. The van der Waals surface area contributed by atoms with E-state index < -0.39 is 5.60 Å². The lowest BCUT2D eigenvalue weighted by Crippen LogP contribution is -2.28. The Labute approximate surface area is 226 Å². The molecule has 0 spiro atoms. The molecule has 6 rings (SSSR count). The smallest absolute Gasteiger partial charge is 0.126 e. The van der Waals surface area contributed by atoms with Crippen LogP contribution < -0.4 is 0 Å². The summed E-state index contributed by atoms with van der Waals surface area (Å²) in [6.07, 6.45) is 3.57. The molecule has 0 aliphatic carbocycles. The number of pyridine rings is 1. The Hall–Kier alpha value is -3.63. The summed E-state index contributed by atoms with van der Waals surface area (Å²) in [7, 11) is 3.76. The lowest BCUT2D eigenvalue weighted by Gasteiger charge is -2.33. The highest BCUT2D eigenvalue weighted by molar-refractivity contribution is 6.06. The number of aromatic nitrogens is 7. The summed E-state index contributed by atoms with van der Waals surface area (Å²) in [4.78, 5) is 4.96. The molecule has 1 saturated heterocycles. The van der Waals surface area contributed by atoms with Gasteiger partial charge in [-0.15, -0.1) is 5.10 Å². The van der Waals surface area contributed by atoms with Gasteiger partial charge in [0.2, 0.25) is 0 Å². The molecular weight excluding hydrogens is 497 g/mol. The molecule has 0 radical (unpaired) electrons. The second-order valence-corrected chi connectivity index (χ2v) is 11.2. The van der Waals surface area contributed by atoms with Crippen LogP contribution in [0, 0.1) is 25.6 Å². The predicted octanol–water partition coefficient (Wildman–Crippen LogP) is 4.72. The molecular formula is C29H34FN7O2. The monoisotopic (exact) mass is 531 g/mol. The van der Waals surface area contributed by atoms with Crippen LogP contribution in [0.3, 0.4) is 0 Å².